The molecule has 0 aliphatic carbocycles. The summed E-state index contributed by atoms with van der Waals surface area (Å²) in [6, 6.07) is 11.0. The fraction of sp³-hybridized carbons (Fsp3) is 0.360. The standard InChI is InChI=1S/C25H29ClN2O7/c1-3-4-5-14-34-25(32)17-6-9-19(10-7-17)27-22(29)12-13-24(31)35-16-23(30)28-20-15-18(26)8-11-21(20)33-2/h6-11,15H,3-5,12-14,16H2,1-2H3,(H,27,29)(H,28,30). The number of esters is 2. The van der Waals surface area contributed by atoms with Gasteiger partial charge in [-0.25, -0.2) is 4.79 Å². The van der Waals surface area contributed by atoms with Crippen LogP contribution in [-0.4, -0.2) is 44.1 Å². The van der Waals surface area contributed by atoms with Crippen molar-refractivity contribution in [1.82, 2.24) is 0 Å². The van der Waals surface area contributed by atoms with E-state index in [1.165, 1.54) is 13.2 Å². The van der Waals surface area contributed by atoms with Gasteiger partial charge in [0.15, 0.2) is 6.61 Å². The summed E-state index contributed by atoms with van der Waals surface area (Å²) in [6.45, 7) is 1.92. The van der Waals surface area contributed by atoms with Gasteiger partial charge in [-0.2, -0.15) is 0 Å². The number of rotatable bonds is 13. The van der Waals surface area contributed by atoms with E-state index >= 15 is 0 Å². The van der Waals surface area contributed by atoms with Gasteiger partial charge in [-0.3, -0.25) is 14.4 Å². The molecule has 0 aliphatic rings. The van der Waals surface area contributed by atoms with Gasteiger partial charge >= 0.3 is 11.9 Å². The first kappa shape index (κ1) is 27.7. The average Bonchev–Trinajstić information content (AvgIpc) is 2.84. The van der Waals surface area contributed by atoms with Gasteiger partial charge < -0.3 is 24.8 Å². The molecule has 9 nitrogen and oxygen atoms in total. The summed E-state index contributed by atoms with van der Waals surface area (Å²) in [7, 11) is 1.45. The third-order valence-electron chi connectivity index (χ3n) is 4.74. The number of methoxy groups -OCH3 is 1. The zero-order chi connectivity index (χ0) is 25.6. The summed E-state index contributed by atoms with van der Waals surface area (Å²) in [5, 5.41) is 5.58. The number of unbranched alkanes of at least 4 members (excludes halogenated alkanes) is 2. The van der Waals surface area contributed by atoms with Crippen molar-refractivity contribution >= 4 is 46.7 Å². The van der Waals surface area contributed by atoms with E-state index < -0.39 is 30.4 Å². The monoisotopic (exact) mass is 504 g/mol. The maximum Gasteiger partial charge on any atom is 0.338 e. The second-order valence-electron chi connectivity index (χ2n) is 7.52. The van der Waals surface area contributed by atoms with Crippen LogP contribution in [0.15, 0.2) is 42.5 Å². The van der Waals surface area contributed by atoms with Crippen molar-refractivity contribution in [2.45, 2.75) is 39.0 Å². The molecule has 0 aromatic heterocycles. The molecule has 2 N–H and O–H groups in total. The van der Waals surface area contributed by atoms with E-state index in [9.17, 15) is 19.2 Å². The topological polar surface area (TPSA) is 120 Å². The van der Waals surface area contributed by atoms with E-state index in [1.54, 1.807) is 36.4 Å². The number of hydrogen-bond donors (Lipinski definition) is 2. The van der Waals surface area contributed by atoms with Crippen LogP contribution in [0.4, 0.5) is 11.4 Å². The smallest absolute Gasteiger partial charge is 0.338 e. The number of amides is 2. The molecule has 0 spiro atoms. The molecule has 0 heterocycles. The summed E-state index contributed by atoms with van der Waals surface area (Å²) >= 11 is 5.91. The normalized spacial score (nSPS) is 10.3. The molecule has 0 unspecified atom stereocenters. The van der Waals surface area contributed by atoms with Crippen LogP contribution in [0.25, 0.3) is 0 Å². The van der Waals surface area contributed by atoms with E-state index in [0.29, 0.717) is 34.3 Å². The zero-order valence-corrected chi connectivity index (χ0v) is 20.5. The molecular weight excluding hydrogens is 476 g/mol. The predicted molar refractivity (Wildman–Crippen MR) is 132 cm³/mol. The van der Waals surface area contributed by atoms with E-state index in [0.717, 1.165) is 19.3 Å². The minimum Gasteiger partial charge on any atom is -0.495 e. The van der Waals surface area contributed by atoms with Crippen molar-refractivity contribution in [2.75, 3.05) is 31.0 Å². The summed E-state index contributed by atoms with van der Waals surface area (Å²) in [4.78, 5) is 48.0. The SMILES string of the molecule is CCCCCOC(=O)c1ccc(NC(=O)CCC(=O)OCC(=O)Nc2cc(Cl)ccc2OC)cc1. The Morgan fingerprint density at radius 1 is 0.886 bits per heavy atom. The number of ether oxygens (including phenoxy) is 3. The Hall–Kier alpha value is -3.59. The van der Waals surface area contributed by atoms with Crippen molar-refractivity contribution < 1.29 is 33.4 Å². The Balaban J connectivity index is 1.70. The molecule has 0 radical (unpaired) electrons. The third kappa shape index (κ3) is 10.1. The number of hydrogen-bond acceptors (Lipinski definition) is 7. The van der Waals surface area contributed by atoms with Gasteiger partial charge in [0.05, 0.1) is 31.4 Å². The summed E-state index contributed by atoms with van der Waals surface area (Å²) in [6.07, 6.45) is 2.52. The molecule has 2 aromatic carbocycles. The lowest BCUT2D eigenvalue weighted by Gasteiger charge is -2.11. The average molecular weight is 505 g/mol. The summed E-state index contributed by atoms with van der Waals surface area (Å²) in [5.74, 6) is -1.70. The maximum atomic E-state index is 12.1. The van der Waals surface area contributed by atoms with Gasteiger partial charge in [0, 0.05) is 17.1 Å². The Bertz CT molecular complexity index is 1020. The maximum absolute atomic E-state index is 12.1. The largest absolute Gasteiger partial charge is 0.495 e. The lowest BCUT2D eigenvalue weighted by molar-refractivity contribution is -0.147. The molecule has 0 saturated carbocycles. The van der Waals surface area contributed by atoms with Crippen LogP contribution in [0, 0.1) is 0 Å². The summed E-state index contributed by atoms with van der Waals surface area (Å²) in [5.41, 5.74) is 1.20. The predicted octanol–water partition coefficient (Wildman–Crippen LogP) is 4.60. The van der Waals surface area contributed by atoms with Gasteiger partial charge in [0.25, 0.3) is 5.91 Å². The molecule has 2 amide bonds. The Morgan fingerprint density at radius 3 is 2.31 bits per heavy atom. The molecule has 2 aromatic rings. The molecule has 0 bridgehead atoms. The van der Waals surface area contributed by atoms with E-state index in [4.69, 9.17) is 25.8 Å². The van der Waals surface area contributed by atoms with Crippen molar-refractivity contribution in [3.05, 3.63) is 53.1 Å². The molecule has 0 fully saturated rings. The van der Waals surface area contributed by atoms with Crippen LogP contribution in [0.1, 0.15) is 49.4 Å². The molecule has 0 saturated heterocycles. The Morgan fingerprint density at radius 2 is 1.63 bits per heavy atom. The van der Waals surface area contributed by atoms with Crippen molar-refractivity contribution in [1.29, 1.82) is 0 Å². The highest BCUT2D eigenvalue weighted by atomic mass is 35.5. The molecule has 0 aliphatic heterocycles. The lowest BCUT2D eigenvalue weighted by Crippen LogP contribution is -2.22. The Labute approximate surface area is 209 Å². The van der Waals surface area contributed by atoms with Crippen LogP contribution in [0.2, 0.25) is 5.02 Å². The number of anilines is 2. The summed E-state index contributed by atoms with van der Waals surface area (Å²) < 4.78 is 15.2. The fourth-order valence-electron chi connectivity index (χ4n) is 2.91. The van der Waals surface area contributed by atoms with E-state index in [-0.39, 0.29) is 12.8 Å². The molecule has 35 heavy (non-hydrogen) atoms. The highest BCUT2D eigenvalue weighted by Crippen LogP contribution is 2.27. The molecule has 10 heteroatoms. The Kier molecular flexibility index (Phi) is 11.6. The first-order valence-corrected chi connectivity index (χ1v) is 11.6. The number of halogens is 1. The second kappa shape index (κ2) is 14.6. The number of benzene rings is 2. The van der Waals surface area contributed by atoms with Crippen molar-refractivity contribution in [3.8, 4) is 5.75 Å². The third-order valence-corrected chi connectivity index (χ3v) is 4.98. The van der Waals surface area contributed by atoms with Gasteiger partial charge in [0.2, 0.25) is 5.91 Å². The van der Waals surface area contributed by atoms with Crippen LogP contribution in [0.3, 0.4) is 0 Å². The van der Waals surface area contributed by atoms with Crippen LogP contribution >= 0.6 is 11.6 Å². The van der Waals surface area contributed by atoms with Gasteiger partial charge in [0.1, 0.15) is 5.75 Å². The quantitative estimate of drug-likeness (QED) is 0.302. The number of carbonyl (C=O) groups excluding carboxylic acids is 4. The van der Waals surface area contributed by atoms with Crippen LogP contribution < -0.4 is 15.4 Å². The van der Waals surface area contributed by atoms with E-state index in [1.807, 2.05) is 0 Å². The fourth-order valence-corrected chi connectivity index (χ4v) is 3.08. The van der Waals surface area contributed by atoms with Crippen LogP contribution in [0.5, 0.6) is 5.75 Å². The second-order valence-corrected chi connectivity index (χ2v) is 7.96. The van der Waals surface area contributed by atoms with Crippen molar-refractivity contribution in [2.24, 2.45) is 0 Å². The van der Waals surface area contributed by atoms with Crippen molar-refractivity contribution in [3.63, 3.8) is 0 Å². The van der Waals surface area contributed by atoms with E-state index in [2.05, 4.69) is 17.6 Å². The highest BCUT2D eigenvalue weighted by Gasteiger charge is 2.13. The molecule has 2 rings (SSSR count). The number of carbonyl (C=O) groups is 4. The molecular formula is C25H29ClN2O7. The molecule has 0 atom stereocenters. The molecule has 188 valence electrons. The number of nitrogens with one attached hydrogen (secondary N) is 2. The van der Waals surface area contributed by atoms with Gasteiger partial charge in [-0.05, 0) is 48.9 Å². The van der Waals surface area contributed by atoms with Gasteiger partial charge in [-0.1, -0.05) is 31.4 Å². The highest BCUT2D eigenvalue weighted by molar-refractivity contribution is 6.31. The van der Waals surface area contributed by atoms with Crippen LogP contribution in [-0.2, 0) is 23.9 Å². The zero-order valence-electron chi connectivity index (χ0n) is 19.7. The first-order chi connectivity index (χ1) is 16.8. The minimum atomic E-state index is -0.700. The minimum absolute atomic E-state index is 0.135. The van der Waals surface area contributed by atoms with Gasteiger partial charge in [-0.15, -0.1) is 0 Å². The lowest BCUT2D eigenvalue weighted by atomic mass is 10.2. The first-order valence-electron chi connectivity index (χ1n) is 11.2.